The van der Waals surface area contributed by atoms with Gasteiger partial charge >= 0.3 is 0 Å². The number of amides is 2. The summed E-state index contributed by atoms with van der Waals surface area (Å²) in [5.41, 5.74) is 2.29. The number of carbonyl (C=O) groups is 2. The fourth-order valence-electron chi connectivity index (χ4n) is 3.24. The van der Waals surface area contributed by atoms with E-state index in [2.05, 4.69) is 5.32 Å². The van der Waals surface area contributed by atoms with Gasteiger partial charge in [-0.3, -0.25) is 9.59 Å². The molecule has 1 fully saturated rings. The number of benzene rings is 2. The summed E-state index contributed by atoms with van der Waals surface area (Å²) in [6.45, 7) is 3.51. The lowest BCUT2D eigenvalue weighted by Gasteiger charge is -2.20. The summed E-state index contributed by atoms with van der Waals surface area (Å²) >= 11 is 0. The van der Waals surface area contributed by atoms with Crippen molar-refractivity contribution in [2.75, 3.05) is 25.0 Å². The maximum absolute atomic E-state index is 12.7. The molecule has 3 rings (SSSR count). The van der Waals surface area contributed by atoms with Gasteiger partial charge in [0.15, 0.2) is 6.61 Å². The van der Waals surface area contributed by atoms with Crippen LogP contribution >= 0.6 is 0 Å². The van der Waals surface area contributed by atoms with Crippen LogP contribution in [0.2, 0.25) is 0 Å². The molecule has 0 spiro atoms. The highest BCUT2D eigenvalue weighted by Gasteiger charge is 2.17. The second-order valence-electron chi connectivity index (χ2n) is 6.94. The second-order valence-corrected chi connectivity index (χ2v) is 6.94. The van der Waals surface area contributed by atoms with Gasteiger partial charge in [0.2, 0.25) is 0 Å². The minimum Gasteiger partial charge on any atom is -0.484 e. The van der Waals surface area contributed by atoms with Crippen LogP contribution in [0.3, 0.4) is 0 Å². The smallest absolute Gasteiger partial charge is 0.262 e. The van der Waals surface area contributed by atoms with Gasteiger partial charge in [-0.25, -0.2) is 0 Å². The molecule has 27 heavy (non-hydrogen) atoms. The molecule has 1 heterocycles. The maximum atomic E-state index is 12.7. The first-order valence-electron chi connectivity index (χ1n) is 9.50. The molecule has 2 aromatic carbocycles. The highest BCUT2D eigenvalue weighted by Crippen LogP contribution is 2.17. The molecule has 1 aliphatic heterocycles. The fourth-order valence-corrected chi connectivity index (χ4v) is 3.24. The third-order valence-electron chi connectivity index (χ3n) is 4.65. The Kier molecular flexibility index (Phi) is 6.47. The van der Waals surface area contributed by atoms with E-state index < -0.39 is 0 Å². The van der Waals surface area contributed by atoms with Crippen LogP contribution in [0.1, 0.15) is 41.6 Å². The largest absolute Gasteiger partial charge is 0.484 e. The first-order valence-corrected chi connectivity index (χ1v) is 9.50. The van der Waals surface area contributed by atoms with E-state index >= 15 is 0 Å². The van der Waals surface area contributed by atoms with Crippen LogP contribution in [0.15, 0.2) is 48.5 Å². The molecule has 0 aromatic heterocycles. The molecule has 1 aliphatic rings. The molecule has 2 amide bonds. The minimum absolute atomic E-state index is 0.0315. The molecular formula is C22H26N2O3. The van der Waals surface area contributed by atoms with Gasteiger partial charge in [0.25, 0.3) is 11.8 Å². The predicted octanol–water partition coefficient (Wildman–Crippen LogP) is 4.03. The molecule has 0 radical (unpaired) electrons. The molecule has 0 aliphatic carbocycles. The number of anilines is 1. The van der Waals surface area contributed by atoms with Crippen LogP contribution in [-0.4, -0.2) is 36.4 Å². The zero-order chi connectivity index (χ0) is 19.1. The average molecular weight is 366 g/mol. The zero-order valence-corrected chi connectivity index (χ0v) is 15.7. The average Bonchev–Trinajstić information content (AvgIpc) is 2.95. The van der Waals surface area contributed by atoms with Crippen LogP contribution in [0, 0.1) is 6.92 Å². The lowest BCUT2D eigenvalue weighted by atomic mass is 10.1. The molecule has 0 bridgehead atoms. The summed E-state index contributed by atoms with van der Waals surface area (Å²) in [7, 11) is 0. The van der Waals surface area contributed by atoms with Crippen molar-refractivity contribution in [3.63, 3.8) is 0 Å². The summed E-state index contributed by atoms with van der Waals surface area (Å²) in [6.07, 6.45) is 4.47. The lowest BCUT2D eigenvalue weighted by Crippen LogP contribution is -2.31. The van der Waals surface area contributed by atoms with Gasteiger partial charge in [-0.2, -0.15) is 0 Å². The van der Waals surface area contributed by atoms with Crippen LogP contribution < -0.4 is 10.1 Å². The molecule has 1 N–H and O–H groups in total. The van der Waals surface area contributed by atoms with Crippen molar-refractivity contribution in [2.24, 2.45) is 0 Å². The monoisotopic (exact) mass is 366 g/mol. The van der Waals surface area contributed by atoms with Crippen LogP contribution in [0.5, 0.6) is 5.75 Å². The number of rotatable bonds is 5. The van der Waals surface area contributed by atoms with Gasteiger partial charge in [0.05, 0.1) is 0 Å². The van der Waals surface area contributed by atoms with E-state index in [-0.39, 0.29) is 18.4 Å². The molecule has 0 saturated carbocycles. The Morgan fingerprint density at radius 2 is 1.74 bits per heavy atom. The number of nitrogens with one attached hydrogen (secondary N) is 1. The number of carbonyl (C=O) groups excluding carboxylic acids is 2. The number of hydrogen-bond donors (Lipinski definition) is 1. The number of ether oxygens (including phenoxy) is 1. The van der Waals surface area contributed by atoms with Crippen molar-refractivity contribution in [3.05, 3.63) is 59.7 Å². The molecule has 2 aromatic rings. The number of nitrogens with zero attached hydrogens (tertiary/aromatic N) is 1. The van der Waals surface area contributed by atoms with E-state index in [1.165, 1.54) is 12.8 Å². The number of hydrogen-bond acceptors (Lipinski definition) is 3. The van der Waals surface area contributed by atoms with Gasteiger partial charge < -0.3 is 15.0 Å². The first kappa shape index (κ1) is 19.0. The van der Waals surface area contributed by atoms with Gasteiger partial charge in [-0.1, -0.05) is 31.0 Å². The van der Waals surface area contributed by atoms with Crippen molar-refractivity contribution < 1.29 is 14.3 Å². The molecule has 142 valence electrons. The van der Waals surface area contributed by atoms with Crippen molar-refractivity contribution >= 4 is 17.5 Å². The van der Waals surface area contributed by atoms with E-state index in [1.54, 1.807) is 24.3 Å². The van der Waals surface area contributed by atoms with Crippen molar-refractivity contribution in [1.82, 2.24) is 4.90 Å². The van der Waals surface area contributed by atoms with Crippen molar-refractivity contribution in [2.45, 2.75) is 32.6 Å². The lowest BCUT2D eigenvalue weighted by molar-refractivity contribution is -0.118. The Morgan fingerprint density at radius 1 is 1.00 bits per heavy atom. The minimum atomic E-state index is -0.254. The van der Waals surface area contributed by atoms with Gasteiger partial charge in [-0.15, -0.1) is 0 Å². The molecule has 5 heteroatoms. The summed E-state index contributed by atoms with van der Waals surface area (Å²) in [6, 6.07) is 14.7. The summed E-state index contributed by atoms with van der Waals surface area (Å²) in [5, 5.41) is 2.80. The molecule has 1 saturated heterocycles. The van der Waals surface area contributed by atoms with Gasteiger partial charge in [0.1, 0.15) is 5.75 Å². The SMILES string of the molecule is Cc1cccc(OCC(=O)Nc2cccc(C(=O)N3CCCCCC3)c2)c1. The standard InChI is InChI=1S/C22H26N2O3/c1-17-8-6-11-20(14-17)27-16-21(25)23-19-10-7-9-18(15-19)22(26)24-12-4-2-3-5-13-24/h6-11,14-15H,2-5,12-13,16H2,1H3,(H,23,25). The van der Waals surface area contributed by atoms with E-state index in [0.29, 0.717) is 17.0 Å². The molecule has 0 unspecified atom stereocenters. The summed E-state index contributed by atoms with van der Waals surface area (Å²) in [5.74, 6) is 0.440. The van der Waals surface area contributed by atoms with Crippen LogP contribution in [-0.2, 0) is 4.79 Å². The Hall–Kier alpha value is -2.82. The predicted molar refractivity (Wildman–Crippen MR) is 106 cm³/mol. The third kappa shape index (κ3) is 5.58. The van der Waals surface area contributed by atoms with E-state index in [1.807, 2.05) is 36.1 Å². The quantitative estimate of drug-likeness (QED) is 0.869. The van der Waals surface area contributed by atoms with E-state index in [4.69, 9.17) is 4.74 Å². The number of likely N-dealkylation sites (tertiary alicyclic amines) is 1. The van der Waals surface area contributed by atoms with E-state index in [9.17, 15) is 9.59 Å². The van der Waals surface area contributed by atoms with Gasteiger partial charge in [0, 0.05) is 24.3 Å². The van der Waals surface area contributed by atoms with Crippen molar-refractivity contribution in [3.8, 4) is 5.75 Å². The Morgan fingerprint density at radius 3 is 2.48 bits per heavy atom. The number of aryl methyl sites for hydroxylation is 1. The van der Waals surface area contributed by atoms with Crippen LogP contribution in [0.4, 0.5) is 5.69 Å². The molecule has 5 nitrogen and oxygen atoms in total. The Labute approximate surface area is 160 Å². The molecule has 0 atom stereocenters. The fraction of sp³-hybridized carbons (Fsp3) is 0.364. The Balaban J connectivity index is 1.58. The van der Waals surface area contributed by atoms with Crippen molar-refractivity contribution in [1.29, 1.82) is 0 Å². The first-order chi connectivity index (χ1) is 13.1. The van der Waals surface area contributed by atoms with Gasteiger partial charge in [-0.05, 0) is 55.7 Å². The normalized spacial score (nSPS) is 14.3. The topological polar surface area (TPSA) is 58.6 Å². The zero-order valence-electron chi connectivity index (χ0n) is 15.7. The maximum Gasteiger partial charge on any atom is 0.262 e. The molecular weight excluding hydrogens is 340 g/mol. The Bertz CT molecular complexity index is 796. The summed E-state index contributed by atoms with van der Waals surface area (Å²) < 4.78 is 5.52. The highest BCUT2D eigenvalue weighted by atomic mass is 16.5. The summed E-state index contributed by atoms with van der Waals surface area (Å²) in [4.78, 5) is 26.8. The third-order valence-corrected chi connectivity index (χ3v) is 4.65. The second kappa shape index (κ2) is 9.21. The van der Waals surface area contributed by atoms with E-state index in [0.717, 1.165) is 31.5 Å². The van der Waals surface area contributed by atoms with Crippen LogP contribution in [0.25, 0.3) is 0 Å². The highest BCUT2D eigenvalue weighted by molar-refractivity contribution is 5.97.